The van der Waals surface area contributed by atoms with E-state index >= 15 is 0 Å². The molecule has 1 aromatic carbocycles. The smallest absolute Gasteiger partial charge is 0.0705 e. The molecule has 0 saturated carbocycles. The van der Waals surface area contributed by atoms with Crippen LogP contribution in [0.3, 0.4) is 0 Å². The molecule has 108 valence electrons. The zero-order chi connectivity index (χ0) is 14.9. The molecule has 3 nitrogen and oxygen atoms in total. The van der Waals surface area contributed by atoms with Gasteiger partial charge in [0.05, 0.1) is 11.4 Å². The quantitative estimate of drug-likeness (QED) is 0.913. The van der Waals surface area contributed by atoms with Crippen molar-refractivity contribution in [1.29, 1.82) is 0 Å². The minimum Gasteiger partial charge on any atom is -0.310 e. The van der Waals surface area contributed by atoms with Gasteiger partial charge in [-0.2, -0.15) is 5.10 Å². The highest BCUT2D eigenvalue weighted by atomic mass is 79.9. The molecule has 2 rings (SSSR count). The van der Waals surface area contributed by atoms with Crippen molar-refractivity contribution in [3.8, 4) is 5.69 Å². The number of halogens is 1. The predicted octanol–water partition coefficient (Wildman–Crippen LogP) is 4.06. The number of aromatic nitrogens is 2. The highest BCUT2D eigenvalue weighted by molar-refractivity contribution is 9.10. The molecule has 1 heterocycles. The van der Waals surface area contributed by atoms with Crippen LogP contribution in [0.25, 0.3) is 5.69 Å². The molecule has 4 heteroatoms. The van der Waals surface area contributed by atoms with E-state index in [-0.39, 0.29) is 0 Å². The van der Waals surface area contributed by atoms with Crippen LogP contribution in [0.4, 0.5) is 0 Å². The summed E-state index contributed by atoms with van der Waals surface area (Å²) in [4.78, 5) is 0. The van der Waals surface area contributed by atoms with Crippen LogP contribution in [0, 0.1) is 20.8 Å². The summed E-state index contributed by atoms with van der Waals surface area (Å²) in [6, 6.07) is 6.84. The monoisotopic (exact) mass is 335 g/mol. The topological polar surface area (TPSA) is 29.9 Å². The van der Waals surface area contributed by atoms with Gasteiger partial charge in [0, 0.05) is 22.8 Å². The molecule has 2 aromatic rings. The maximum atomic E-state index is 4.68. The van der Waals surface area contributed by atoms with Gasteiger partial charge in [0.1, 0.15) is 0 Å². The number of hydrogen-bond donors (Lipinski definition) is 1. The van der Waals surface area contributed by atoms with Gasteiger partial charge in [0.25, 0.3) is 0 Å². The third-order valence-corrected chi connectivity index (χ3v) is 4.12. The number of rotatable bonds is 4. The summed E-state index contributed by atoms with van der Waals surface area (Å²) in [7, 11) is 0. The van der Waals surface area contributed by atoms with E-state index in [1.165, 1.54) is 16.8 Å². The Balaban J connectivity index is 2.48. The average molecular weight is 336 g/mol. The molecule has 1 aromatic heterocycles. The minimum atomic E-state index is 0.466. The van der Waals surface area contributed by atoms with E-state index in [1.807, 2.05) is 4.68 Å². The van der Waals surface area contributed by atoms with Gasteiger partial charge >= 0.3 is 0 Å². The number of hydrogen-bond acceptors (Lipinski definition) is 2. The summed E-state index contributed by atoms with van der Waals surface area (Å²) in [6.07, 6.45) is 0. The fourth-order valence-corrected chi connectivity index (χ4v) is 2.50. The molecular weight excluding hydrogens is 314 g/mol. The van der Waals surface area contributed by atoms with Crippen molar-refractivity contribution in [2.45, 2.75) is 47.2 Å². The molecule has 0 aliphatic carbocycles. The second-order valence-corrected chi connectivity index (χ2v) is 6.43. The first kappa shape index (κ1) is 15.3. The molecule has 0 amide bonds. The van der Waals surface area contributed by atoms with Crippen molar-refractivity contribution in [2.75, 3.05) is 0 Å². The van der Waals surface area contributed by atoms with Crippen LogP contribution in [-0.2, 0) is 6.54 Å². The maximum Gasteiger partial charge on any atom is 0.0705 e. The molecule has 0 fully saturated rings. The van der Waals surface area contributed by atoms with Crippen molar-refractivity contribution in [2.24, 2.45) is 0 Å². The molecule has 0 saturated heterocycles. The van der Waals surface area contributed by atoms with Gasteiger partial charge in [0.15, 0.2) is 0 Å². The second-order valence-electron chi connectivity index (χ2n) is 5.52. The number of nitrogens with one attached hydrogen (secondary N) is 1. The van der Waals surface area contributed by atoms with Crippen molar-refractivity contribution >= 4 is 15.9 Å². The molecule has 20 heavy (non-hydrogen) atoms. The van der Waals surface area contributed by atoms with Crippen LogP contribution in [-0.4, -0.2) is 15.8 Å². The van der Waals surface area contributed by atoms with Crippen LogP contribution < -0.4 is 5.32 Å². The third kappa shape index (κ3) is 3.13. The first-order valence-electron chi connectivity index (χ1n) is 6.95. The van der Waals surface area contributed by atoms with Crippen molar-refractivity contribution in [1.82, 2.24) is 15.1 Å². The summed E-state index contributed by atoms with van der Waals surface area (Å²) in [6.45, 7) is 11.5. The van der Waals surface area contributed by atoms with Crippen LogP contribution in [0.2, 0.25) is 0 Å². The molecule has 0 aliphatic rings. The summed E-state index contributed by atoms with van der Waals surface area (Å²) in [5.41, 5.74) is 5.94. The largest absolute Gasteiger partial charge is 0.310 e. The minimum absolute atomic E-state index is 0.466. The van der Waals surface area contributed by atoms with Crippen LogP contribution in [0.15, 0.2) is 22.7 Å². The molecular formula is C16H22BrN3. The fraction of sp³-hybridized carbons (Fsp3) is 0.438. The Bertz CT molecular complexity index is 614. The maximum absolute atomic E-state index is 4.68. The summed E-state index contributed by atoms with van der Waals surface area (Å²) in [5.74, 6) is 0. The fourth-order valence-electron chi connectivity index (χ4n) is 2.15. The van der Waals surface area contributed by atoms with Gasteiger partial charge in [-0.3, -0.25) is 0 Å². The molecule has 0 spiro atoms. The van der Waals surface area contributed by atoms with Crippen molar-refractivity contribution in [3.63, 3.8) is 0 Å². The van der Waals surface area contributed by atoms with Gasteiger partial charge in [-0.1, -0.05) is 35.8 Å². The summed E-state index contributed by atoms with van der Waals surface area (Å²) in [5, 5.41) is 8.15. The van der Waals surface area contributed by atoms with Gasteiger partial charge in [-0.25, -0.2) is 4.68 Å². The first-order valence-corrected chi connectivity index (χ1v) is 7.74. The van der Waals surface area contributed by atoms with E-state index in [9.17, 15) is 0 Å². The van der Waals surface area contributed by atoms with Crippen LogP contribution in [0.1, 0.15) is 36.4 Å². The normalized spacial score (nSPS) is 11.3. The summed E-state index contributed by atoms with van der Waals surface area (Å²) >= 11 is 3.56. The van der Waals surface area contributed by atoms with E-state index in [2.05, 4.69) is 79.2 Å². The lowest BCUT2D eigenvalue weighted by molar-refractivity contribution is 0.586. The van der Waals surface area contributed by atoms with E-state index in [4.69, 9.17) is 0 Å². The Morgan fingerprint density at radius 3 is 2.50 bits per heavy atom. The lowest BCUT2D eigenvalue weighted by Crippen LogP contribution is -2.22. The number of benzene rings is 1. The highest BCUT2D eigenvalue weighted by Gasteiger charge is 2.13. The van der Waals surface area contributed by atoms with Gasteiger partial charge in [-0.05, 0) is 44.0 Å². The molecule has 0 atom stereocenters. The average Bonchev–Trinajstić information content (AvgIpc) is 2.65. The van der Waals surface area contributed by atoms with Gasteiger partial charge in [-0.15, -0.1) is 0 Å². The Labute approximate surface area is 129 Å². The zero-order valence-corrected chi connectivity index (χ0v) is 14.4. The highest BCUT2D eigenvalue weighted by Crippen LogP contribution is 2.23. The van der Waals surface area contributed by atoms with E-state index in [0.29, 0.717) is 6.04 Å². The second kappa shape index (κ2) is 6.10. The number of aryl methyl sites for hydroxylation is 1. The SMILES string of the molecule is Cc1nn(-c2cc(Br)ccc2CNC(C)C)c(C)c1C. The van der Waals surface area contributed by atoms with Crippen molar-refractivity contribution < 1.29 is 0 Å². The molecule has 0 bridgehead atoms. The van der Waals surface area contributed by atoms with Crippen LogP contribution >= 0.6 is 15.9 Å². The Morgan fingerprint density at radius 2 is 1.95 bits per heavy atom. The lowest BCUT2D eigenvalue weighted by atomic mass is 10.1. The van der Waals surface area contributed by atoms with Gasteiger partial charge < -0.3 is 5.32 Å². The zero-order valence-electron chi connectivity index (χ0n) is 12.8. The van der Waals surface area contributed by atoms with E-state index in [0.717, 1.165) is 22.4 Å². The Morgan fingerprint density at radius 1 is 1.25 bits per heavy atom. The molecule has 0 aliphatic heterocycles. The summed E-state index contributed by atoms with van der Waals surface area (Å²) < 4.78 is 3.12. The Hall–Kier alpha value is -1.13. The Kier molecular flexibility index (Phi) is 4.66. The van der Waals surface area contributed by atoms with Crippen molar-refractivity contribution in [3.05, 3.63) is 45.2 Å². The first-order chi connectivity index (χ1) is 9.40. The lowest BCUT2D eigenvalue weighted by Gasteiger charge is -2.14. The standard InChI is InChI=1S/C16H22BrN3/c1-10(2)18-9-14-6-7-15(17)8-16(14)20-13(5)11(3)12(4)19-20/h6-8,10,18H,9H2,1-5H3. The molecule has 1 N–H and O–H groups in total. The molecule has 0 radical (unpaired) electrons. The van der Waals surface area contributed by atoms with Gasteiger partial charge in [0.2, 0.25) is 0 Å². The van der Waals surface area contributed by atoms with E-state index in [1.54, 1.807) is 0 Å². The van der Waals surface area contributed by atoms with Crippen LogP contribution in [0.5, 0.6) is 0 Å². The molecule has 0 unspecified atom stereocenters. The third-order valence-electron chi connectivity index (χ3n) is 3.63. The van der Waals surface area contributed by atoms with E-state index < -0.39 is 0 Å². The number of nitrogens with zero attached hydrogens (tertiary/aromatic N) is 2. The predicted molar refractivity (Wildman–Crippen MR) is 87.5 cm³/mol.